The summed E-state index contributed by atoms with van der Waals surface area (Å²) in [6.45, 7) is 8.85. The number of thiol groups is 1. The summed E-state index contributed by atoms with van der Waals surface area (Å²) >= 11 is 4.18. The van der Waals surface area contributed by atoms with Crippen molar-refractivity contribution in [3.05, 3.63) is 12.7 Å². The van der Waals surface area contributed by atoms with Gasteiger partial charge in [-0.1, -0.05) is 6.08 Å². The van der Waals surface area contributed by atoms with Gasteiger partial charge in [0.25, 0.3) is 0 Å². The molecule has 0 fully saturated rings. The Morgan fingerprint density at radius 3 is 2.56 bits per heavy atom. The molecule has 94 valence electrons. The largest absolute Gasteiger partial charge is 0.444 e. The average molecular weight is 247 g/mol. The highest BCUT2D eigenvalue weighted by molar-refractivity contribution is 7.81. The zero-order chi connectivity index (χ0) is 12.8. The van der Waals surface area contributed by atoms with Gasteiger partial charge < -0.3 is 15.2 Å². The topological polar surface area (TPSA) is 58.6 Å². The number of alkyl carbamates (subject to hydrolysis) is 1. The van der Waals surface area contributed by atoms with Gasteiger partial charge in [0.15, 0.2) is 0 Å². The first-order valence-corrected chi connectivity index (χ1v) is 5.71. The molecule has 5 heteroatoms. The summed E-state index contributed by atoms with van der Waals surface area (Å²) in [4.78, 5) is 11.5. The van der Waals surface area contributed by atoms with E-state index >= 15 is 0 Å². The van der Waals surface area contributed by atoms with Gasteiger partial charge in [0.05, 0.1) is 6.61 Å². The van der Waals surface area contributed by atoms with E-state index in [1.54, 1.807) is 26.8 Å². The standard InChI is InChI=1S/C11H21NO3S/c1-5-6-8(9(16)7-13)12-10(14)15-11(2,3)4/h5,8-9,13,16H,1,6-7H2,2-4H3,(H,12,14)/t8-,9?/m0/s1. The van der Waals surface area contributed by atoms with Crippen molar-refractivity contribution in [2.45, 2.75) is 44.1 Å². The molecule has 0 rings (SSSR count). The molecular weight excluding hydrogens is 226 g/mol. The summed E-state index contributed by atoms with van der Waals surface area (Å²) in [6, 6.07) is -0.277. The minimum absolute atomic E-state index is 0.114. The van der Waals surface area contributed by atoms with E-state index in [2.05, 4.69) is 24.5 Å². The highest BCUT2D eigenvalue weighted by Gasteiger charge is 2.22. The Morgan fingerprint density at radius 1 is 1.62 bits per heavy atom. The summed E-state index contributed by atoms with van der Waals surface area (Å²) < 4.78 is 5.11. The molecule has 0 bridgehead atoms. The van der Waals surface area contributed by atoms with Crippen molar-refractivity contribution in [1.82, 2.24) is 5.32 Å². The summed E-state index contributed by atoms with van der Waals surface area (Å²) in [5, 5.41) is 11.3. The summed E-state index contributed by atoms with van der Waals surface area (Å²) in [5.41, 5.74) is -0.534. The number of carbonyl (C=O) groups is 1. The Balaban J connectivity index is 4.28. The van der Waals surface area contributed by atoms with Crippen molar-refractivity contribution in [3.63, 3.8) is 0 Å². The molecule has 1 unspecified atom stereocenters. The number of hydrogen-bond donors (Lipinski definition) is 3. The lowest BCUT2D eigenvalue weighted by Crippen LogP contribution is -2.44. The van der Waals surface area contributed by atoms with E-state index in [1.807, 2.05) is 0 Å². The Hall–Kier alpha value is -0.680. The van der Waals surface area contributed by atoms with Gasteiger partial charge in [-0.15, -0.1) is 6.58 Å². The Morgan fingerprint density at radius 2 is 2.19 bits per heavy atom. The normalized spacial score (nSPS) is 15.1. The fraction of sp³-hybridized carbons (Fsp3) is 0.727. The zero-order valence-electron chi connectivity index (χ0n) is 10.1. The van der Waals surface area contributed by atoms with Gasteiger partial charge in [-0.25, -0.2) is 4.79 Å². The minimum Gasteiger partial charge on any atom is -0.444 e. The van der Waals surface area contributed by atoms with E-state index in [1.165, 1.54) is 0 Å². The third-order valence-corrected chi connectivity index (χ3v) is 2.30. The predicted molar refractivity (Wildman–Crippen MR) is 67.8 cm³/mol. The van der Waals surface area contributed by atoms with Crippen molar-refractivity contribution < 1.29 is 14.6 Å². The van der Waals surface area contributed by atoms with E-state index in [4.69, 9.17) is 9.84 Å². The highest BCUT2D eigenvalue weighted by atomic mass is 32.1. The molecule has 0 radical (unpaired) electrons. The van der Waals surface area contributed by atoms with Crippen LogP contribution in [0.1, 0.15) is 27.2 Å². The summed E-state index contributed by atoms with van der Waals surface area (Å²) in [7, 11) is 0. The van der Waals surface area contributed by atoms with Crippen LogP contribution >= 0.6 is 12.6 Å². The number of nitrogens with one attached hydrogen (secondary N) is 1. The Kier molecular flexibility index (Phi) is 6.52. The van der Waals surface area contributed by atoms with Crippen molar-refractivity contribution >= 4 is 18.7 Å². The Bertz CT molecular complexity index is 238. The molecule has 0 saturated carbocycles. The van der Waals surface area contributed by atoms with E-state index in [0.29, 0.717) is 6.42 Å². The average Bonchev–Trinajstić information content (AvgIpc) is 2.13. The Labute approximate surface area is 102 Å². The lowest BCUT2D eigenvalue weighted by molar-refractivity contribution is 0.0500. The lowest BCUT2D eigenvalue weighted by Gasteiger charge is -2.25. The fourth-order valence-electron chi connectivity index (χ4n) is 1.08. The first kappa shape index (κ1) is 15.3. The number of rotatable bonds is 5. The molecule has 0 aromatic carbocycles. The van der Waals surface area contributed by atoms with Crippen molar-refractivity contribution in [3.8, 4) is 0 Å². The summed E-state index contributed by atoms with van der Waals surface area (Å²) in [5.74, 6) is 0. The quantitative estimate of drug-likeness (QED) is 0.512. The maximum absolute atomic E-state index is 11.5. The van der Waals surface area contributed by atoms with Gasteiger partial charge in [-0.3, -0.25) is 0 Å². The molecule has 0 spiro atoms. The van der Waals surface area contributed by atoms with Crippen LogP contribution in [0.5, 0.6) is 0 Å². The van der Waals surface area contributed by atoms with Gasteiger partial charge in [-0.05, 0) is 27.2 Å². The highest BCUT2D eigenvalue weighted by Crippen LogP contribution is 2.10. The van der Waals surface area contributed by atoms with Crippen LogP contribution in [0.3, 0.4) is 0 Å². The minimum atomic E-state index is -0.534. The number of amides is 1. The number of ether oxygens (including phenoxy) is 1. The van der Waals surface area contributed by atoms with Crippen molar-refractivity contribution in [2.75, 3.05) is 6.61 Å². The molecule has 0 saturated heterocycles. The molecule has 2 atom stereocenters. The lowest BCUT2D eigenvalue weighted by atomic mass is 10.1. The molecule has 0 heterocycles. The molecule has 2 N–H and O–H groups in total. The van der Waals surface area contributed by atoms with Gasteiger partial charge in [0.2, 0.25) is 0 Å². The van der Waals surface area contributed by atoms with E-state index in [9.17, 15) is 4.79 Å². The van der Waals surface area contributed by atoms with Crippen LogP contribution in [0.4, 0.5) is 4.79 Å². The first-order chi connectivity index (χ1) is 7.30. The van der Waals surface area contributed by atoms with Crippen LogP contribution in [0.15, 0.2) is 12.7 Å². The molecule has 0 aromatic rings. The van der Waals surface area contributed by atoms with Crippen molar-refractivity contribution in [1.29, 1.82) is 0 Å². The fourth-order valence-corrected chi connectivity index (χ4v) is 1.27. The van der Waals surface area contributed by atoms with E-state index < -0.39 is 11.7 Å². The second kappa shape index (κ2) is 6.81. The third kappa shape index (κ3) is 6.74. The van der Waals surface area contributed by atoms with Crippen molar-refractivity contribution in [2.24, 2.45) is 0 Å². The van der Waals surface area contributed by atoms with Gasteiger partial charge >= 0.3 is 6.09 Å². The molecule has 0 aromatic heterocycles. The van der Waals surface area contributed by atoms with Gasteiger partial charge in [-0.2, -0.15) is 12.6 Å². The second-order valence-corrected chi connectivity index (χ2v) is 5.19. The molecule has 16 heavy (non-hydrogen) atoms. The van der Waals surface area contributed by atoms with E-state index in [-0.39, 0.29) is 17.9 Å². The number of carbonyl (C=O) groups excluding carboxylic acids is 1. The molecular formula is C11H21NO3S. The number of hydrogen-bond acceptors (Lipinski definition) is 4. The second-order valence-electron chi connectivity index (χ2n) is 4.53. The number of aliphatic hydroxyl groups is 1. The third-order valence-electron chi connectivity index (χ3n) is 1.77. The maximum atomic E-state index is 11.5. The van der Waals surface area contributed by atoms with Crippen LogP contribution < -0.4 is 5.32 Å². The first-order valence-electron chi connectivity index (χ1n) is 5.19. The predicted octanol–water partition coefficient (Wildman–Crippen LogP) is 1.75. The number of aliphatic hydroxyl groups excluding tert-OH is 1. The summed E-state index contributed by atoms with van der Waals surface area (Å²) in [6.07, 6.45) is 1.70. The molecule has 0 aliphatic rings. The molecule has 0 aliphatic carbocycles. The van der Waals surface area contributed by atoms with Gasteiger partial charge in [0.1, 0.15) is 5.60 Å². The van der Waals surface area contributed by atoms with E-state index in [0.717, 1.165) is 0 Å². The molecule has 4 nitrogen and oxygen atoms in total. The monoisotopic (exact) mass is 247 g/mol. The van der Waals surface area contributed by atoms with Crippen LogP contribution in [0.2, 0.25) is 0 Å². The zero-order valence-corrected chi connectivity index (χ0v) is 11.0. The van der Waals surface area contributed by atoms with Crippen LogP contribution in [-0.4, -0.2) is 34.7 Å². The van der Waals surface area contributed by atoms with Crippen LogP contribution in [0.25, 0.3) is 0 Å². The SMILES string of the molecule is C=CC[C@H](NC(=O)OC(C)(C)C)C(S)CO. The van der Waals surface area contributed by atoms with Gasteiger partial charge in [0, 0.05) is 11.3 Å². The van der Waals surface area contributed by atoms with Crippen LogP contribution in [0, 0.1) is 0 Å². The molecule has 0 aliphatic heterocycles. The molecule has 1 amide bonds. The smallest absolute Gasteiger partial charge is 0.407 e. The van der Waals surface area contributed by atoms with Crippen LogP contribution in [-0.2, 0) is 4.74 Å². The maximum Gasteiger partial charge on any atom is 0.407 e.